The topological polar surface area (TPSA) is 96.4 Å². The Labute approximate surface area is 161 Å². The van der Waals surface area contributed by atoms with Crippen molar-refractivity contribution in [3.05, 3.63) is 22.9 Å². The number of hydrogen-bond donors (Lipinski definition) is 3. The Morgan fingerprint density at radius 2 is 2.08 bits per heavy atom. The van der Waals surface area contributed by atoms with E-state index in [9.17, 15) is 9.90 Å². The predicted octanol–water partition coefficient (Wildman–Crippen LogP) is 2.97. The van der Waals surface area contributed by atoms with Gasteiger partial charge in [0.2, 0.25) is 5.91 Å². The smallest absolute Gasteiger partial charge is 0.226 e. The number of methoxy groups -OCH3 is 1. The van der Waals surface area contributed by atoms with Crippen LogP contribution in [0.5, 0.6) is 0 Å². The fourth-order valence-corrected chi connectivity index (χ4v) is 2.35. The molecular weight excluding hydrogens is 412 g/mol. The van der Waals surface area contributed by atoms with Gasteiger partial charge in [-0.1, -0.05) is 0 Å². The Kier molecular flexibility index (Phi) is 8.01. The molecule has 2 heterocycles. The second-order valence-electron chi connectivity index (χ2n) is 6.03. The number of nitrogens with zero attached hydrogens (tertiary/aromatic N) is 2. The molecule has 0 radical (unpaired) electrons. The molecule has 0 aliphatic carbocycles. The molecule has 0 saturated heterocycles. The summed E-state index contributed by atoms with van der Waals surface area (Å²) in [6, 6.07) is 1.84. The van der Waals surface area contributed by atoms with Gasteiger partial charge in [0.25, 0.3) is 0 Å². The summed E-state index contributed by atoms with van der Waals surface area (Å²) in [6.07, 6.45) is 3.48. The first kappa shape index (κ1) is 21.6. The van der Waals surface area contributed by atoms with Crippen LogP contribution in [0.4, 0.5) is 11.4 Å². The van der Waals surface area contributed by atoms with Crippen LogP contribution < -0.4 is 10.6 Å². The molecule has 0 fully saturated rings. The van der Waals surface area contributed by atoms with Gasteiger partial charge >= 0.3 is 0 Å². The zero-order valence-electron chi connectivity index (χ0n) is 14.3. The number of carbonyl (C=O) groups excluding carboxylic acids is 1. The summed E-state index contributed by atoms with van der Waals surface area (Å²) in [4.78, 5) is 20.7. The van der Waals surface area contributed by atoms with Crippen LogP contribution in [-0.2, 0) is 9.53 Å². The number of ether oxygens (including phenoxy) is 1. The number of anilines is 2. The minimum atomic E-state index is -0.914. The lowest BCUT2D eigenvalue weighted by Gasteiger charge is -2.21. The van der Waals surface area contributed by atoms with Gasteiger partial charge in [-0.3, -0.25) is 14.8 Å². The van der Waals surface area contributed by atoms with Gasteiger partial charge in [-0.2, -0.15) is 0 Å². The Morgan fingerprint density at radius 1 is 1.36 bits per heavy atom. The Bertz CT molecular complexity index is 737. The van der Waals surface area contributed by atoms with Crippen molar-refractivity contribution in [3.8, 4) is 0 Å². The van der Waals surface area contributed by atoms with E-state index in [1.54, 1.807) is 33.4 Å². The van der Waals surface area contributed by atoms with Crippen LogP contribution in [0.3, 0.4) is 0 Å². The number of pyridine rings is 2. The number of hydrogen-bond acceptors (Lipinski definition) is 6. The zero-order chi connectivity index (χ0) is 17.7. The van der Waals surface area contributed by atoms with Crippen LogP contribution in [0.2, 0.25) is 0 Å². The minimum absolute atomic E-state index is 0. The number of rotatable bonds is 7. The fraction of sp³-hybridized carbons (Fsp3) is 0.438. The minimum Gasteiger partial charge on any atom is -0.389 e. The van der Waals surface area contributed by atoms with Crippen molar-refractivity contribution < 1.29 is 14.6 Å². The summed E-state index contributed by atoms with van der Waals surface area (Å²) in [5.74, 6) is -0.179. The lowest BCUT2D eigenvalue weighted by Crippen LogP contribution is -2.30. The third-order valence-electron chi connectivity index (χ3n) is 3.18. The van der Waals surface area contributed by atoms with Gasteiger partial charge in [0, 0.05) is 24.3 Å². The number of aliphatic hydroxyl groups is 1. The first-order valence-corrected chi connectivity index (χ1v) is 8.29. The maximum atomic E-state index is 12.0. The molecule has 9 heteroatoms. The van der Waals surface area contributed by atoms with Gasteiger partial charge in [-0.15, -0.1) is 12.4 Å². The van der Waals surface area contributed by atoms with Crippen LogP contribution in [0, 0.1) is 0 Å². The highest BCUT2D eigenvalue weighted by molar-refractivity contribution is 9.10. The van der Waals surface area contributed by atoms with Gasteiger partial charge in [-0.25, -0.2) is 0 Å². The summed E-state index contributed by atoms with van der Waals surface area (Å²) >= 11 is 3.37. The quantitative estimate of drug-likeness (QED) is 0.621. The summed E-state index contributed by atoms with van der Waals surface area (Å²) in [6.45, 7) is 4.03. The molecule has 0 unspecified atom stereocenters. The maximum absolute atomic E-state index is 12.0. The third kappa shape index (κ3) is 6.39. The SMILES string of the molecule is COCCC(=O)Nc1cnc2cc(Br)cnc2c1NCC(C)(C)O.Cl. The summed E-state index contributed by atoms with van der Waals surface area (Å²) in [5.41, 5.74) is 1.52. The maximum Gasteiger partial charge on any atom is 0.226 e. The molecule has 7 nitrogen and oxygen atoms in total. The first-order valence-electron chi connectivity index (χ1n) is 7.49. The molecule has 0 bridgehead atoms. The molecule has 2 aromatic rings. The molecule has 2 aromatic heterocycles. The van der Waals surface area contributed by atoms with Crippen LogP contribution in [0.15, 0.2) is 22.9 Å². The Balaban J connectivity index is 0.00000312. The molecule has 2 rings (SSSR count). The fourth-order valence-electron chi connectivity index (χ4n) is 2.03. The van der Waals surface area contributed by atoms with E-state index in [0.29, 0.717) is 35.6 Å². The van der Waals surface area contributed by atoms with Crippen LogP contribution >= 0.6 is 28.3 Å². The predicted molar refractivity (Wildman–Crippen MR) is 104 cm³/mol. The normalized spacial score (nSPS) is 11.1. The monoisotopic (exact) mass is 432 g/mol. The van der Waals surface area contributed by atoms with E-state index >= 15 is 0 Å². The van der Waals surface area contributed by atoms with Crippen molar-refractivity contribution >= 4 is 56.7 Å². The van der Waals surface area contributed by atoms with Crippen molar-refractivity contribution in [3.63, 3.8) is 0 Å². The zero-order valence-corrected chi connectivity index (χ0v) is 16.7. The number of halogens is 2. The van der Waals surface area contributed by atoms with Gasteiger partial charge in [0.15, 0.2) is 0 Å². The number of fused-ring (bicyclic) bond motifs is 1. The van der Waals surface area contributed by atoms with Gasteiger partial charge < -0.3 is 20.5 Å². The van der Waals surface area contributed by atoms with E-state index in [2.05, 4.69) is 36.5 Å². The van der Waals surface area contributed by atoms with E-state index in [1.807, 2.05) is 6.07 Å². The highest BCUT2D eigenvalue weighted by atomic mass is 79.9. The van der Waals surface area contributed by atoms with Crippen LogP contribution in [-0.4, -0.2) is 46.8 Å². The lowest BCUT2D eigenvalue weighted by molar-refractivity contribution is -0.117. The standard InChI is InChI=1S/C16H21BrN4O3.ClH/c1-16(2,23)9-20-15-12(21-13(22)4-5-24-3)8-18-11-6-10(17)7-19-14(11)15;/h6-8,23H,4-5,9H2,1-3H3,(H,18,20)(H,21,22);1H. The number of carbonyl (C=O) groups is 1. The molecule has 0 aliphatic heterocycles. The number of amides is 1. The molecule has 25 heavy (non-hydrogen) atoms. The van der Waals surface area contributed by atoms with Gasteiger partial charge in [0.05, 0.1) is 41.7 Å². The average Bonchev–Trinajstić information content (AvgIpc) is 2.50. The number of nitrogens with one attached hydrogen (secondary N) is 2. The molecule has 0 aromatic carbocycles. The van der Waals surface area contributed by atoms with E-state index in [1.165, 1.54) is 0 Å². The summed E-state index contributed by atoms with van der Waals surface area (Å²) < 4.78 is 5.73. The Morgan fingerprint density at radius 3 is 2.72 bits per heavy atom. The van der Waals surface area contributed by atoms with Gasteiger partial charge in [-0.05, 0) is 35.8 Å². The summed E-state index contributed by atoms with van der Waals surface area (Å²) in [7, 11) is 1.54. The van der Waals surface area contributed by atoms with E-state index in [-0.39, 0.29) is 24.7 Å². The van der Waals surface area contributed by atoms with Crippen molar-refractivity contribution in [2.75, 3.05) is 30.9 Å². The Hall–Kier alpha value is -1.48. The second-order valence-corrected chi connectivity index (χ2v) is 6.94. The highest BCUT2D eigenvalue weighted by Gasteiger charge is 2.17. The van der Waals surface area contributed by atoms with E-state index in [0.717, 1.165) is 4.47 Å². The van der Waals surface area contributed by atoms with Crippen molar-refractivity contribution in [1.29, 1.82) is 0 Å². The number of aromatic nitrogens is 2. The van der Waals surface area contributed by atoms with Crippen molar-refractivity contribution in [2.24, 2.45) is 0 Å². The third-order valence-corrected chi connectivity index (χ3v) is 3.61. The van der Waals surface area contributed by atoms with Crippen molar-refractivity contribution in [1.82, 2.24) is 9.97 Å². The molecule has 0 spiro atoms. The summed E-state index contributed by atoms with van der Waals surface area (Å²) in [5, 5.41) is 15.9. The molecule has 1 amide bonds. The first-order chi connectivity index (χ1) is 11.3. The molecule has 3 N–H and O–H groups in total. The van der Waals surface area contributed by atoms with Gasteiger partial charge in [0.1, 0.15) is 5.52 Å². The second kappa shape index (κ2) is 9.28. The largest absolute Gasteiger partial charge is 0.389 e. The van der Waals surface area contributed by atoms with E-state index in [4.69, 9.17) is 4.74 Å². The molecule has 0 aliphatic rings. The highest BCUT2D eigenvalue weighted by Crippen LogP contribution is 2.30. The van der Waals surface area contributed by atoms with Crippen molar-refractivity contribution in [2.45, 2.75) is 25.9 Å². The van der Waals surface area contributed by atoms with Crippen LogP contribution in [0.1, 0.15) is 20.3 Å². The van der Waals surface area contributed by atoms with E-state index < -0.39 is 5.60 Å². The lowest BCUT2D eigenvalue weighted by atomic mass is 10.1. The molecule has 138 valence electrons. The van der Waals surface area contributed by atoms with Crippen LogP contribution in [0.25, 0.3) is 11.0 Å². The molecule has 0 atom stereocenters. The molecule has 0 saturated carbocycles. The average molecular weight is 434 g/mol. The molecular formula is C16H22BrClN4O3.